The van der Waals surface area contributed by atoms with Gasteiger partial charge in [-0.25, -0.2) is 0 Å². The Bertz CT molecular complexity index is 531. The minimum absolute atomic E-state index is 0.111. The fourth-order valence-corrected chi connectivity index (χ4v) is 3.28. The van der Waals surface area contributed by atoms with Crippen LogP contribution in [-0.4, -0.2) is 32.0 Å². The van der Waals surface area contributed by atoms with Gasteiger partial charge in [-0.3, -0.25) is 0 Å². The average molecular weight is 315 g/mol. The van der Waals surface area contributed by atoms with Gasteiger partial charge < -0.3 is 14.8 Å². The Hall–Kier alpha value is -1.27. The Morgan fingerprint density at radius 1 is 1.27 bits per heavy atom. The minimum Gasteiger partial charge on any atom is -0.385 e. The molecule has 0 atom stereocenters. The van der Waals surface area contributed by atoms with Crippen LogP contribution in [0.5, 0.6) is 0 Å². The monoisotopic (exact) mass is 315 g/mol. The fraction of sp³-hybridized carbons (Fsp3) is 0.625. The summed E-state index contributed by atoms with van der Waals surface area (Å²) in [5.74, 6) is 0.475. The molecule has 1 heterocycles. The number of hydrogen-bond donors (Lipinski definition) is 1. The fourth-order valence-electron chi connectivity index (χ4n) is 3.28. The van der Waals surface area contributed by atoms with E-state index >= 15 is 0 Å². The van der Waals surface area contributed by atoms with Crippen molar-refractivity contribution in [2.45, 2.75) is 31.5 Å². The molecule has 3 nitrogen and oxygen atoms in total. The van der Waals surface area contributed by atoms with Gasteiger partial charge in [-0.2, -0.15) is 13.2 Å². The molecule has 1 aliphatic heterocycles. The number of nitrogens with one attached hydrogen (secondary N) is 1. The Morgan fingerprint density at radius 2 is 2.05 bits per heavy atom. The summed E-state index contributed by atoms with van der Waals surface area (Å²) >= 11 is 0. The summed E-state index contributed by atoms with van der Waals surface area (Å²) in [5, 5.41) is 3.25. The van der Waals surface area contributed by atoms with E-state index in [-0.39, 0.29) is 5.60 Å². The van der Waals surface area contributed by atoms with Crippen molar-refractivity contribution in [3.8, 4) is 0 Å². The normalized spacial score (nSPS) is 28.5. The van der Waals surface area contributed by atoms with E-state index in [1.54, 1.807) is 6.92 Å². The third kappa shape index (κ3) is 3.22. The van der Waals surface area contributed by atoms with Gasteiger partial charge in [-0.1, -0.05) is 0 Å². The van der Waals surface area contributed by atoms with Crippen LogP contribution >= 0.6 is 0 Å². The highest BCUT2D eigenvalue weighted by Crippen LogP contribution is 2.42. The Kier molecular flexibility index (Phi) is 4.07. The van der Waals surface area contributed by atoms with E-state index in [0.717, 1.165) is 31.1 Å². The zero-order valence-electron chi connectivity index (χ0n) is 12.5. The second-order valence-electron chi connectivity index (χ2n) is 6.27. The molecule has 122 valence electrons. The molecule has 0 amide bonds. The molecule has 0 radical (unpaired) electrons. The molecule has 6 heteroatoms. The summed E-state index contributed by atoms with van der Waals surface area (Å²) in [7, 11) is 0. The van der Waals surface area contributed by atoms with Crippen molar-refractivity contribution in [3.05, 3.63) is 29.3 Å². The van der Waals surface area contributed by atoms with Crippen molar-refractivity contribution in [1.29, 1.82) is 0 Å². The molecule has 1 aromatic carbocycles. The van der Waals surface area contributed by atoms with Gasteiger partial charge in [0.1, 0.15) is 0 Å². The van der Waals surface area contributed by atoms with E-state index in [9.17, 15) is 13.2 Å². The molecule has 0 bridgehead atoms. The predicted molar refractivity (Wildman–Crippen MR) is 76.9 cm³/mol. The summed E-state index contributed by atoms with van der Waals surface area (Å²) in [5.41, 5.74) is 0.654. The maximum absolute atomic E-state index is 12.6. The Balaban J connectivity index is 1.52. The summed E-state index contributed by atoms with van der Waals surface area (Å²) < 4.78 is 49.1. The number of benzene rings is 1. The topological polar surface area (TPSA) is 30.5 Å². The quantitative estimate of drug-likeness (QED) is 0.924. The summed E-state index contributed by atoms with van der Waals surface area (Å²) in [4.78, 5) is 0. The van der Waals surface area contributed by atoms with E-state index in [1.807, 2.05) is 0 Å². The van der Waals surface area contributed by atoms with E-state index in [2.05, 4.69) is 5.32 Å². The molecule has 1 spiro atoms. The molecule has 2 fully saturated rings. The van der Waals surface area contributed by atoms with Crippen LogP contribution in [0, 0.1) is 12.8 Å². The summed E-state index contributed by atoms with van der Waals surface area (Å²) in [6, 6.07) is 3.81. The zero-order chi connectivity index (χ0) is 15.8. The van der Waals surface area contributed by atoms with Crippen LogP contribution in [0.1, 0.15) is 24.0 Å². The van der Waals surface area contributed by atoms with E-state index < -0.39 is 11.7 Å². The largest absolute Gasteiger partial charge is 0.416 e. The van der Waals surface area contributed by atoms with Gasteiger partial charge in [0.15, 0.2) is 0 Å². The number of anilines is 1. The third-order valence-electron chi connectivity index (χ3n) is 4.46. The van der Waals surface area contributed by atoms with Gasteiger partial charge in [0.2, 0.25) is 0 Å². The van der Waals surface area contributed by atoms with Crippen LogP contribution in [0.15, 0.2) is 18.2 Å². The number of hydrogen-bond acceptors (Lipinski definition) is 3. The van der Waals surface area contributed by atoms with E-state index in [4.69, 9.17) is 9.47 Å². The minimum atomic E-state index is -4.29. The van der Waals surface area contributed by atoms with Crippen molar-refractivity contribution >= 4 is 5.69 Å². The molecule has 3 rings (SSSR count). The van der Waals surface area contributed by atoms with Crippen LogP contribution in [0.25, 0.3) is 0 Å². The van der Waals surface area contributed by atoms with Crippen LogP contribution < -0.4 is 5.32 Å². The average Bonchev–Trinajstić information content (AvgIpc) is 2.44. The van der Waals surface area contributed by atoms with Crippen molar-refractivity contribution in [2.75, 3.05) is 31.7 Å². The van der Waals surface area contributed by atoms with Gasteiger partial charge in [0, 0.05) is 12.2 Å². The Morgan fingerprint density at radius 3 is 2.64 bits per heavy atom. The molecule has 1 aromatic rings. The number of aryl methyl sites for hydroxylation is 1. The number of halogens is 3. The maximum atomic E-state index is 12.6. The van der Waals surface area contributed by atoms with E-state index in [1.165, 1.54) is 12.1 Å². The van der Waals surface area contributed by atoms with Gasteiger partial charge in [0.05, 0.1) is 31.0 Å². The highest BCUT2D eigenvalue weighted by atomic mass is 19.4. The van der Waals surface area contributed by atoms with Crippen molar-refractivity contribution in [3.63, 3.8) is 0 Å². The van der Waals surface area contributed by atoms with Crippen LogP contribution in [0.3, 0.4) is 0 Å². The van der Waals surface area contributed by atoms with Gasteiger partial charge in [-0.05, 0) is 49.4 Å². The zero-order valence-corrected chi connectivity index (χ0v) is 12.5. The van der Waals surface area contributed by atoms with E-state index in [0.29, 0.717) is 31.3 Å². The van der Waals surface area contributed by atoms with Gasteiger partial charge in [0.25, 0.3) is 0 Å². The standard InChI is InChI=1S/C16H20F3NO2/c1-11-6-13(16(17,18)19)2-3-14(11)20-9-12-7-15(8-12)10-21-4-5-22-15/h2-3,6,12,20H,4-5,7-10H2,1H3. The van der Waals surface area contributed by atoms with Crippen LogP contribution in [-0.2, 0) is 15.7 Å². The first-order valence-electron chi connectivity index (χ1n) is 7.51. The molecule has 1 N–H and O–H groups in total. The molecule has 0 aromatic heterocycles. The number of rotatable bonds is 3. The summed E-state index contributed by atoms with van der Waals surface area (Å²) in [6.45, 7) is 4.41. The Labute approximate surface area is 127 Å². The second-order valence-corrected chi connectivity index (χ2v) is 6.27. The molecule has 22 heavy (non-hydrogen) atoms. The lowest BCUT2D eigenvalue weighted by atomic mass is 9.70. The van der Waals surface area contributed by atoms with Crippen molar-refractivity contribution < 1.29 is 22.6 Å². The summed E-state index contributed by atoms with van der Waals surface area (Å²) in [6.07, 6.45) is -2.40. The second kappa shape index (κ2) is 5.74. The lowest BCUT2D eigenvalue weighted by Crippen LogP contribution is -2.54. The molecule has 1 saturated heterocycles. The smallest absolute Gasteiger partial charge is 0.385 e. The molecular formula is C16H20F3NO2. The molecule has 1 aliphatic carbocycles. The lowest BCUT2D eigenvalue weighted by Gasteiger charge is -2.49. The highest BCUT2D eigenvalue weighted by molar-refractivity contribution is 5.52. The van der Waals surface area contributed by atoms with Crippen LogP contribution in [0.4, 0.5) is 18.9 Å². The predicted octanol–water partition coefficient (Wildman–Crippen LogP) is 3.62. The SMILES string of the molecule is Cc1cc(C(F)(F)F)ccc1NCC1CC2(COCCO2)C1. The first kappa shape index (κ1) is 15.6. The van der Waals surface area contributed by atoms with Crippen molar-refractivity contribution in [1.82, 2.24) is 0 Å². The maximum Gasteiger partial charge on any atom is 0.416 e. The van der Waals surface area contributed by atoms with Gasteiger partial charge >= 0.3 is 6.18 Å². The molecule has 1 saturated carbocycles. The molecule has 2 aliphatic rings. The number of ether oxygens (including phenoxy) is 2. The van der Waals surface area contributed by atoms with Crippen LogP contribution in [0.2, 0.25) is 0 Å². The van der Waals surface area contributed by atoms with Crippen molar-refractivity contribution in [2.24, 2.45) is 5.92 Å². The lowest BCUT2D eigenvalue weighted by molar-refractivity contribution is -0.207. The molecule has 0 unspecified atom stereocenters. The first-order valence-corrected chi connectivity index (χ1v) is 7.51. The van der Waals surface area contributed by atoms with Gasteiger partial charge in [-0.15, -0.1) is 0 Å². The first-order chi connectivity index (χ1) is 10.4. The third-order valence-corrected chi connectivity index (χ3v) is 4.46. The molecular weight excluding hydrogens is 295 g/mol. The highest BCUT2D eigenvalue weighted by Gasteiger charge is 2.46. The number of alkyl halides is 3.